The van der Waals surface area contributed by atoms with Crippen LogP contribution in [0.15, 0.2) is 12.1 Å². The van der Waals surface area contributed by atoms with Gasteiger partial charge in [-0.25, -0.2) is 0 Å². The number of ether oxygens (including phenoxy) is 2. The van der Waals surface area contributed by atoms with E-state index in [-0.39, 0.29) is 5.91 Å². The van der Waals surface area contributed by atoms with Gasteiger partial charge >= 0.3 is 0 Å². The molecule has 1 amide bonds. The third kappa shape index (κ3) is 4.30. The van der Waals surface area contributed by atoms with Crippen LogP contribution < -0.4 is 15.2 Å². The Morgan fingerprint density at radius 2 is 2.09 bits per heavy atom. The highest BCUT2D eigenvalue weighted by Gasteiger charge is 2.24. The van der Waals surface area contributed by atoms with Gasteiger partial charge < -0.3 is 20.1 Å². The zero-order valence-corrected chi connectivity index (χ0v) is 14.6. The lowest BCUT2D eigenvalue weighted by molar-refractivity contribution is 0.0693. The van der Waals surface area contributed by atoms with E-state index in [1.807, 2.05) is 11.8 Å². The molecular formula is C17H25ClN2O3. The summed E-state index contributed by atoms with van der Waals surface area (Å²) in [5.41, 5.74) is 6.23. The van der Waals surface area contributed by atoms with Crippen molar-refractivity contribution in [1.82, 2.24) is 4.90 Å². The lowest BCUT2D eigenvalue weighted by Crippen LogP contribution is -2.40. The Morgan fingerprint density at radius 3 is 2.65 bits per heavy atom. The molecular weight excluding hydrogens is 316 g/mol. The summed E-state index contributed by atoms with van der Waals surface area (Å²) in [6, 6.07) is 3.36. The molecule has 1 aliphatic rings. The van der Waals surface area contributed by atoms with E-state index >= 15 is 0 Å². The minimum atomic E-state index is -0.0253. The first-order valence-electron chi connectivity index (χ1n) is 8.10. The minimum absolute atomic E-state index is 0.0253. The number of carbonyl (C=O) groups is 1. The van der Waals surface area contributed by atoms with Gasteiger partial charge in [-0.3, -0.25) is 4.79 Å². The van der Waals surface area contributed by atoms with Crippen molar-refractivity contribution in [2.24, 2.45) is 11.7 Å². The van der Waals surface area contributed by atoms with Gasteiger partial charge in [-0.15, -0.1) is 0 Å². The van der Waals surface area contributed by atoms with Crippen LogP contribution in [-0.2, 0) is 0 Å². The Labute approximate surface area is 142 Å². The van der Waals surface area contributed by atoms with Gasteiger partial charge in [0.05, 0.1) is 18.7 Å². The second-order valence-corrected chi connectivity index (χ2v) is 6.22. The van der Waals surface area contributed by atoms with Crippen LogP contribution in [0.1, 0.15) is 36.5 Å². The summed E-state index contributed by atoms with van der Waals surface area (Å²) in [7, 11) is 1.55. The van der Waals surface area contributed by atoms with Crippen molar-refractivity contribution in [2.75, 3.05) is 33.4 Å². The number of methoxy groups -OCH3 is 1. The molecule has 2 rings (SSSR count). The number of nitrogens with two attached hydrogens (primary N) is 1. The highest BCUT2D eigenvalue weighted by molar-refractivity contribution is 6.32. The summed E-state index contributed by atoms with van der Waals surface area (Å²) in [6.45, 7) is 4.72. The van der Waals surface area contributed by atoms with Crippen molar-refractivity contribution in [3.05, 3.63) is 22.7 Å². The van der Waals surface area contributed by atoms with Gasteiger partial charge in [0.2, 0.25) is 0 Å². The lowest BCUT2D eigenvalue weighted by Gasteiger charge is -2.31. The number of likely N-dealkylation sites (tertiary alicyclic amines) is 1. The highest BCUT2D eigenvalue weighted by Crippen LogP contribution is 2.37. The van der Waals surface area contributed by atoms with Gasteiger partial charge in [0, 0.05) is 18.7 Å². The van der Waals surface area contributed by atoms with Crippen LogP contribution in [0, 0.1) is 5.92 Å². The molecule has 0 atom stereocenters. The van der Waals surface area contributed by atoms with Crippen LogP contribution in [0.25, 0.3) is 0 Å². The van der Waals surface area contributed by atoms with Gasteiger partial charge in [-0.1, -0.05) is 18.5 Å². The van der Waals surface area contributed by atoms with E-state index in [0.29, 0.717) is 41.2 Å². The van der Waals surface area contributed by atoms with Crippen molar-refractivity contribution in [3.8, 4) is 11.5 Å². The molecule has 1 aromatic carbocycles. The summed E-state index contributed by atoms with van der Waals surface area (Å²) in [4.78, 5) is 14.5. The SMILES string of the molecule is CCCOc1c(Cl)cc(C(=O)N2CCC(CN)CC2)cc1OC. The molecule has 2 N–H and O–H groups in total. The number of rotatable bonds is 6. The van der Waals surface area contributed by atoms with E-state index in [2.05, 4.69) is 0 Å². The summed E-state index contributed by atoms with van der Waals surface area (Å²) in [5, 5.41) is 0.401. The summed E-state index contributed by atoms with van der Waals surface area (Å²) < 4.78 is 11.0. The third-order valence-corrected chi connectivity index (χ3v) is 4.44. The molecule has 1 saturated heterocycles. The number of hydrogen-bond donors (Lipinski definition) is 1. The average Bonchev–Trinajstić information content (AvgIpc) is 2.59. The zero-order valence-electron chi connectivity index (χ0n) is 13.8. The quantitative estimate of drug-likeness (QED) is 0.864. The monoisotopic (exact) mass is 340 g/mol. The maximum atomic E-state index is 12.7. The number of halogens is 1. The van der Waals surface area contributed by atoms with Crippen molar-refractivity contribution in [3.63, 3.8) is 0 Å². The van der Waals surface area contributed by atoms with Crippen LogP contribution >= 0.6 is 11.6 Å². The van der Waals surface area contributed by atoms with E-state index in [9.17, 15) is 4.79 Å². The van der Waals surface area contributed by atoms with Gasteiger partial charge in [0.1, 0.15) is 0 Å². The van der Waals surface area contributed by atoms with Crippen molar-refractivity contribution in [2.45, 2.75) is 26.2 Å². The Kier molecular flexibility index (Phi) is 6.54. The Hall–Kier alpha value is -1.46. The van der Waals surface area contributed by atoms with E-state index < -0.39 is 0 Å². The summed E-state index contributed by atoms with van der Waals surface area (Å²) in [6.07, 6.45) is 2.77. The predicted octanol–water partition coefficient (Wildman–Crippen LogP) is 2.95. The van der Waals surface area contributed by atoms with Crippen LogP contribution in [0.2, 0.25) is 5.02 Å². The topological polar surface area (TPSA) is 64.8 Å². The fourth-order valence-electron chi connectivity index (χ4n) is 2.74. The van der Waals surface area contributed by atoms with E-state index in [0.717, 1.165) is 32.4 Å². The first kappa shape index (κ1) is 17.9. The van der Waals surface area contributed by atoms with Gasteiger partial charge in [0.15, 0.2) is 11.5 Å². The van der Waals surface area contributed by atoms with Crippen LogP contribution in [-0.4, -0.2) is 44.2 Å². The van der Waals surface area contributed by atoms with E-state index in [4.69, 9.17) is 26.8 Å². The second-order valence-electron chi connectivity index (χ2n) is 5.81. The normalized spacial score (nSPS) is 15.6. The minimum Gasteiger partial charge on any atom is -0.493 e. The maximum Gasteiger partial charge on any atom is 0.254 e. The third-order valence-electron chi connectivity index (χ3n) is 4.16. The van der Waals surface area contributed by atoms with Crippen LogP contribution in [0.4, 0.5) is 0 Å². The smallest absolute Gasteiger partial charge is 0.254 e. The molecule has 0 spiro atoms. The standard InChI is InChI=1S/C17H25ClN2O3/c1-3-8-23-16-14(18)9-13(10-15(16)22-2)17(21)20-6-4-12(11-19)5-7-20/h9-10,12H,3-8,11,19H2,1-2H3. The molecule has 0 unspecified atom stereocenters. The number of nitrogens with zero attached hydrogens (tertiary/aromatic N) is 1. The summed E-state index contributed by atoms with van der Waals surface area (Å²) >= 11 is 6.29. The second kappa shape index (κ2) is 8.41. The average molecular weight is 341 g/mol. The Bertz CT molecular complexity index is 543. The first-order valence-corrected chi connectivity index (χ1v) is 8.48. The molecule has 0 aromatic heterocycles. The van der Waals surface area contributed by atoms with Gasteiger partial charge in [-0.05, 0) is 43.9 Å². The van der Waals surface area contributed by atoms with Crippen molar-refractivity contribution in [1.29, 1.82) is 0 Å². The highest BCUT2D eigenvalue weighted by atomic mass is 35.5. The lowest BCUT2D eigenvalue weighted by atomic mass is 9.96. The summed E-state index contributed by atoms with van der Waals surface area (Å²) in [5.74, 6) is 1.48. The van der Waals surface area contributed by atoms with Gasteiger partial charge in [-0.2, -0.15) is 0 Å². The molecule has 0 saturated carbocycles. The molecule has 1 aromatic rings. The Balaban J connectivity index is 2.16. The molecule has 128 valence electrons. The van der Waals surface area contributed by atoms with E-state index in [1.165, 1.54) is 0 Å². The maximum absolute atomic E-state index is 12.7. The fraction of sp³-hybridized carbons (Fsp3) is 0.588. The number of amides is 1. The van der Waals surface area contributed by atoms with Crippen molar-refractivity contribution < 1.29 is 14.3 Å². The van der Waals surface area contributed by atoms with Crippen LogP contribution in [0.5, 0.6) is 11.5 Å². The zero-order chi connectivity index (χ0) is 16.8. The largest absolute Gasteiger partial charge is 0.493 e. The van der Waals surface area contributed by atoms with Crippen molar-refractivity contribution >= 4 is 17.5 Å². The molecule has 23 heavy (non-hydrogen) atoms. The predicted molar refractivity (Wildman–Crippen MR) is 91.5 cm³/mol. The number of carbonyl (C=O) groups excluding carboxylic acids is 1. The molecule has 1 aliphatic heterocycles. The number of piperidine rings is 1. The number of benzene rings is 1. The molecule has 5 nitrogen and oxygen atoms in total. The molecule has 0 radical (unpaired) electrons. The first-order chi connectivity index (χ1) is 11.1. The molecule has 1 fully saturated rings. The fourth-order valence-corrected chi connectivity index (χ4v) is 3.01. The van der Waals surface area contributed by atoms with Gasteiger partial charge in [0.25, 0.3) is 5.91 Å². The Morgan fingerprint density at radius 1 is 1.39 bits per heavy atom. The van der Waals surface area contributed by atoms with E-state index in [1.54, 1.807) is 19.2 Å². The molecule has 1 heterocycles. The molecule has 0 bridgehead atoms. The van der Waals surface area contributed by atoms with Crippen LogP contribution in [0.3, 0.4) is 0 Å². The molecule has 6 heteroatoms. The number of hydrogen-bond acceptors (Lipinski definition) is 4. The molecule has 0 aliphatic carbocycles.